The Morgan fingerprint density at radius 2 is 1.97 bits per heavy atom. The predicted molar refractivity (Wildman–Crippen MR) is 118 cm³/mol. The molecule has 0 bridgehead atoms. The maximum atomic E-state index is 13.0. The highest BCUT2D eigenvalue weighted by atomic mass is 35.5. The van der Waals surface area contributed by atoms with Crippen LogP contribution in [0.15, 0.2) is 60.8 Å². The zero-order chi connectivity index (χ0) is 23.4. The third-order valence-corrected chi connectivity index (χ3v) is 5.40. The highest BCUT2D eigenvalue weighted by Crippen LogP contribution is 2.32. The maximum Gasteiger partial charge on any atom is 0.421 e. The van der Waals surface area contributed by atoms with Crippen molar-refractivity contribution in [2.75, 3.05) is 18.1 Å². The lowest BCUT2D eigenvalue weighted by molar-refractivity contribution is -0.137. The number of nitrogens with one attached hydrogen (secondary N) is 1. The molecular formula is C23H20ClF3N4O2. The van der Waals surface area contributed by atoms with Crippen molar-refractivity contribution in [3.8, 4) is 11.3 Å². The minimum absolute atomic E-state index is 0.0297. The van der Waals surface area contributed by atoms with E-state index in [-0.39, 0.29) is 24.3 Å². The highest BCUT2D eigenvalue weighted by Gasteiger charge is 2.31. The zero-order valence-electron chi connectivity index (χ0n) is 17.3. The Hall–Kier alpha value is -3.17. The summed E-state index contributed by atoms with van der Waals surface area (Å²) in [6.45, 7) is 0.972. The zero-order valence-corrected chi connectivity index (χ0v) is 18.1. The predicted octanol–water partition coefficient (Wildman–Crippen LogP) is 5.84. The summed E-state index contributed by atoms with van der Waals surface area (Å²) < 4.78 is 44.5. The second kappa shape index (κ2) is 9.76. The molecule has 1 aliphatic rings. The molecular weight excluding hydrogens is 457 g/mol. The van der Waals surface area contributed by atoms with E-state index in [4.69, 9.17) is 16.3 Å². The molecule has 0 saturated carbocycles. The molecule has 1 N–H and O–H groups in total. The van der Waals surface area contributed by atoms with Gasteiger partial charge in [0, 0.05) is 22.8 Å². The van der Waals surface area contributed by atoms with Crippen molar-refractivity contribution in [2.24, 2.45) is 0 Å². The van der Waals surface area contributed by atoms with E-state index in [0.717, 1.165) is 36.4 Å². The van der Waals surface area contributed by atoms with Crippen molar-refractivity contribution >= 4 is 29.3 Å². The number of rotatable bonds is 5. The van der Waals surface area contributed by atoms with Gasteiger partial charge in [-0.3, -0.25) is 0 Å². The molecule has 0 aliphatic carbocycles. The van der Waals surface area contributed by atoms with Gasteiger partial charge < -0.3 is 10.1 Å². The van der Waals surface area contributed by atoms with Crippen molar-refractivity contribution in [1.82, 2.24) is 15.3 Å². The van der Waals surface area contributed by atoms with Crippen LogP contribution >= 0.6 is 11.6 Å². The second-order valence-corrected chi connectivity index (χ2v) is 7.94. The van der Waals surface area contributed by atoms with E-state index in [1.807, 2.05) is 0 Å². The number of hydrogen-bond donors (Lipinski definition) is 1. The summed E-state index contributed by atoms with van der Waals surface area (Å²) in [5.74, 6) is -0.0309. The van der Waals surface area contributed by atoms with Crippen LogP contribution < -0.4 is 10.2 Å². The monoisotopic (exact) mass is 476 g/mol. The molecule has 172 valence electrons. The van der Waals surface area contributed by atoms with Gasteiger partial charge in [-0.2, -0.15) is 13.2 Å². The smallest absolute Gasteiger partial charge is 0.421 e. The van der Waals surface area contributed by atoms with Gasteiger partial charge in [0.25, 0.3) is 0 Å². The highest BCUT2D eigenvalue weighted by molar-refractivity contribution is 6.30. The van der Waals surface area contributed by atoms with Crippen LogP contribution in [0.25, 0.3) is 11.3 Å². The molecule has 2 aromatic carbocycles. The Kier molecular flexibility index (Phi) is 6.80. The fraction of sp³-hybridized carbons (Fsp3) is 0.261. The fourth-order valence-corrected chi connectivity index (χ4v) is 3.69. The summed E-state index contributed by atoms with van der Waals surface area (Å²) in [7, 11) is 0. The van der Waals surface area contributed by atoms with Gasteiger partial charge >= 0.3 is 12.3 Å². The maximum absolute atomic E-state index is 13.0. The first-order valence-corrected chi connectivity index (χ1v) is 10.7. The van der Waals surface area contributed by atoms with Crippen LogP contribution in [0.5, 0.6) is 0 Å². The van der Waals surface area contributed by atoms with Gasteiger partial charge in [-0.25, -0.2) is 19.7 Å². The first-order chi connectivity index (χ1) is 15.8. The fourth-order valence-electron chi connectivity index (χ4n) is 3.50. The van der Waals surface area contributed by atoms with Crippen LogP contribution in [-0.2, 0) is 10.9 Å². The van der Waals surface area contributed by atoms with Crippen molar-refractivity contribution in [1.29, 1.82) is 0 Å². The summed E-state index contributed by atoms with van der Waals surface area (Å²) >= 11 is 6.07. The van der Waals surface area contributed by atoms with Crippen LogP contribution in [0.1, 0.15) is 18.4 Å². The van der Waals surface area contributed by atoms with E-state index < -0.39 is 17.8 Å². The largest absolute Gasteiger partial charge is 0.447 e. The number of anilines is 2. The number of nitrogens with zero attached hydrogens (tertiary/aromatic N) is 3. The minimum atomic E-state index is -4.50. The van der Waals surface area contributed by atoms with Crippen LogP contribution in [0, 0.1) is 0 Å². The molecule has 4 rings (SSSR count). The van der Waals surface area contributed by atoms with Crippen molar-refractivity contribution in [2.45, 2.75) is 25.1 Å². The average molecular weight is 477 g/mol. The van der Waals surface area contributed by atoms with Crippen molar-refractivity contribution < 1.29 is 22.7 Å². The van der Waals surface area contributed by atoms with E-state index in [0.29, 0.717) is 16.3 Å². The van der Waals surface area contributed by atoms with E-state index in [9.17, 15) is 18.0 Å². The van der Waals surface area contributed by atoms with Crippen LogP contribution in [0.4, 0.5) is 29.6 Å². The van der Waals surface area contributed by atoms with Crippen molar-refractivity contribution in [3.63, 3.8) is 0 Å². The van der Waals surface area contributed by atoms with Gasteiger partial charge in [-0.1, -0.05) is 23.7 Å². The molecule has 6 nitrogen and oxygen atoms in total. The number of amides is 1. The summed E-state index contributed by atoms with van der Waals surface area (Å²) in [5, 5.41) is 3.74. The lowest BCUT2D eigenvalue weighted by Gasteiger charge is -2.22. The van der Waals surface area contributed by atoms with Gasteiger partial charge in [0.15, 0.2) is 0 Å². The molecule has 3 aromatic rings. The number of alkyl halides is 3. The Balaban J connectivity index is 1.67. The van der Waals surface area contributed by atoms with E-state index in [1.54, 1.807) is 30.3 Å². The number of halogens is 4. The van der Waals surface area contributed by atoms with Gasteiger partial charge in [-0.15, -0.1) is 0 Å². The third kappa shape index (κ3) is 5.61. The van der Waals surface area contributed by atoms with Gasteiger partial charge in [0.05, 0.1) is 16.9 Å². The number of carbonyl (C=O) groups is 1. The topological polar surface area (TPSA) is 67.3 Å². The normalized spacial score (nSPS) is 15.9. The molecule has 1 unspecified atom stereocenters. The number of aromatic nitrogens is 2. The van der Waals surface area contributed by atoms with Crippen LogP contribution in [0.3, 0.4) is 0 Å². The molecule has 1 fully saturated rings. The Bertz CT molecular complexity index is 1120. The average Bonchev–Trinajstić information content (AvgIpc) is 3.32. The molecule has 0 radical (unpaired) electrons. The molecule has 1 aromatic heterocycles. The standard InChI is InChI=1S/C23H20ClF3N4O2/c24-17-4-1-3-15(13-17)20-10-12-29-21(30-20)31(22(32)33-14-18-5-2-11-28-18)19-8-6-16(7-9-19)23(25,26)27/h1,3-4,6-10,12-13,18,28H,2,5,11,14H2. The van der Waals surface area contributed by atoms with E-state index >= 15 is 0 Å². The molecule has 1 atom stereocenters. The number of benzene rings is 2. The Morgan fingerprint density at radius 3 is 2.64 bits per heavy atom. The SMILES string of the molecule is O=C(OCC1CCCN1)N(c1ccc(C(F)(F)F)cc1)c1nccc(-c2cccc(Cl)c2)n1. The lowest BCUT2D eigenvalue weighted by atomic mass is 10.1. The van der Waals surface area contributed by atoms with Gasteiger partial charge in [0.2, 0.25) is 5.95 Å². The Morgan fingerprint density at radius 1 is 1.18 bits per heavy atom. The number of ether oxygens (including phenoxy) is 1. The minimum Gasteiger partial charge on any atom is -0.447 e. The van der Waals surface area contributed by atoms with E-state index in [2.05, 4.69) is 15.3 Å². The van der Waals surface area contributed by atoms with Crippen LogP contribution in [0.2, 0.25) is 5.02 Å². The Labute approximate surface area is 193 Å². The summed E-state index contributed by atoms with van der Waals surface area (Å²) in [6, 6.07) is 12.8. The lowest BCUT2D eigenvalue weighted by Crippen LogP contribution is -2.34. The number of hydrogen-bond acceptors (Lipinski definition) is 5. The summed E-state index contributed by atoms with van der Waals surface area (Å²) in [6.07, 6.45) is -1.97. The quantitative estimate of drug-likeness (QED) is 0.501. The summed E-state index contributed by atoms with van der Waals surface area (Å²) in [4.78, 5) is 22.7. The van der Waals surface area contributed by atoms with Gasteiger partial charge in [0.1, 0.15) is 6.61 Å². The molecule has 2 heterocycles. The van der Waals surface area contributed by atoms with Crippen molar-refractivity contribution in [3.05, 3.63) is 71.4 Å². The van der Waals surface area contributed by atoms with Gasteiger partial charge in [-0.05, 0) is 61.9 Å². The number of carbonyl (C=O) groups excluding carboxylic acids is 1. The third-order valence-electron chi connectivity index (χ3n) is 5.17. The molecule has 1 saturated heterocycles. The molecule has 10 heteroatoms. The van der Waals surface area contributed by atoms with Crippen LogP contribution in [-0.4, -0.2) is 35.3 Å². The molecule has 0 spiro atoms. The molecule has 33 heavy (non-hydrogen) atoms. The first kappa shape index (κ1) is 23.0. The molecule has 1 amide bonds. The first-order valence-electron chi connectivity index (χ1n) is 10.3. The summed E-state index contributed by atoms with van der Waals surface area (Å²) in [5.41, 5.74) is 0.505. The second-order valence-electron chi connectivity index (χ2n) is 7.50. The van der Waals surface area contributed by atoms with E-state index in [1.165, 1.54) is 18.3 Å². The molecule has 1 aliphatic heterocycles.